The largest absolute Gasteiger partial charge is 0.307 e. The zero-order valence-electron chi connectivity index (χ0n) is 8.32. The minimum Gasteiger partial charge on any atom is -0.307 e. The Morgan fingerprint density at radius 2 is 0.467 bits per heavy atom. The molecule has 15 heavy (non-hydrogen) atoms. The van der Waals surface area contributed by atoms with Crippen molar-refractivity contribution in [2.75, 3.05) is 0 Å². The maximum absolute atomic E-state index is 8.00. The molecule has 0 saturated carbocycles. The van der Waals surface area contributed by atoms with Gasteiger partial charge in [-0.2, -0.15) is 0 Å². The van der Waals surface area contributed by atoms with Crippen LogP contribution in [0.5, 0.6) is 0 Å². The monoisotopic (exact) mass is 296 g/mol. The Bertz CT molecular complexity index is 147. The molecule has 84 valence electrons. The molecule has 0 bridgehead atoms. The van der Waals surface area contributed by atoms with Crippen molar-refractivity contribution < 1.29 is 33.9 Å². The van der Waals surface area contributed by atoms with Crippen LogP contribution in [0.4, 0.5) is 0 Å². The number of rotatable bonds is 0. The molecule has 1 rings (SSSR count). The molecular weight excluding hydrogens is 281 g/mol. The third kappa shape index (κ3) is 32.5. The van der Waals surface area contributed by atoms with Crippen LogP contribution >= 0.6 is 0 Å². The number of hydrogen-bond donors (Lipinski definition) is 0. The van der Waals surface area contributed by atoms with E-state index in [0.717, 1.165) is 0 Å². The number of hydrogen-bond acceptors (Lipinski definition) is 3. The quantitative estimate of drug-likeness (QED) is 0.639. The van der Waals surface area contributed by atoms with Crippen LogP contribution in [0.1, 0.15) is 0 Å². The Morgan fingerprint density at radius 3 is 0.533 bits per heavy atom. The van der Waals surface area contributed by atoms with Gasteiger partial charge in [-0.1, -0.05) is 48.6 Å². The Labute approximate surface area is 103 Å². The van der Waals surface area contributed by atoms with Crippen molar-refractivity contribution in [2.45, 2.75) is 0 Å². The second-order valence-electron chi connectivity index (χ2n) is 1.54. The van der Waals surface area contributed by atoms with Crippen molar-refractivity contribution in [3.63, 3.8) is 0 Å². The van der Waals surface area contributed by atoms with E-state index in [-0.39, 0.29) is 19.5 Å². The van der Waals surface area contributed by atoms with E-state index in [1.54, 1.807) is 0 Å². The molecule has 4 heteroatoms. The van der Waals surface area contributed by atoms with Crippen molar-refractivity contribution in [3.05, 3.63) is 48.6 Å². The number of carbonyl (C=O) groups is 3. The van der Waals surface area contributed by atoms with E-state index in [1.165, 1.54) is 0 Å². The molecule has 0 spiro atoms. The van der Waals surface area contributed by atoms with Gasteiger partial charge in [0.15, 0.2) is 0 Å². The van der Waals surface area contributed by atoms with Crippen LogP contribution in [0.25, 0.3) is 0 Å². The summed E-state index contributed by atoms with van der Waals surface area (Å²) in [6, 6.07) is 0. The maximum Gasteiger partial charge on any atom is 0.106 e. The third-order valence-corrected chi connectivity index (χ3v) is 0.889. The predicted molar refractivity (Wildman–Crippen MR) is 57.9 cm³/mol. The zero-order chi connectivity index (χ0) is 11.7. The van der Waals surface area contributed by atoms with Gasteiger partial charge in [-0.3, -0.25) is 0 Å². The summed E-state index contributed by atoms with van der Waals surface area (Å²) in [6.45, 7) is 6.00. The molecule has 0 heterocycles. The molecule has 0 atom stereocenters. The van der Waals surface area contributed by atoms with E-state index in [9.17, 15) is 0 Å². The van der Waals surface area contributed by atoms with E-state index in [1.807, 2.05) is 69.0 Å². The van der Waals surface area contributed by atoms with Gasteiger partial charge in [0.05, 0.1) is 0 Å². The first-order chi connectivity index (χ1) is 7.00. The van der Waals surface area contributed by atoms with Gasteiger partial charge in [-0.25, -0.2) is 0 Å². The molecule has 0 radical (unpaired) electrons. The van der Waals surface area contributed by atoms with Crippen molar-refractivity contribution in [2.24, 2.45) is 0 Å². The summed E-state index contributed by atoms with van der Waals surface area (Å²) < 4.78 is 0. The van der Waals surface area contributed by atoms with Gasteiger partial charge in [0, 0.05) is 19.5 Å². The fraction of sp³-hybridized carbons (Fsp3) is 0. The standard InChI is InChI=1S/C8H8.3CH2O.Ru/c1-2-4-6-8-7-5-3-1;3*1-2;/h1-8H;3*1H2;/b2-1-,3-1?,4-2?,5-3-,6-4-,7-5?,8-6?,8-7-;;;;. The summed E-state index contributed by atoms with van der Waals surface area (Å²) in [4.78, 5) is 24.0. The van der Waals surface area contributed by atoms with Crippen LogP contribution in [-0.4, -0.2) is 20.4 Å². The van der Waals surface area contributed by atoms with Gasteiger partial charge >= 0.3 is 0 Å². The SMILES string of the molecule is C1=C\C=C/C=C\C=C/1.C=O.C=O.C=O.[Ru]. The average molecular weight is 295 g/mol. The minimum atomic E-state index is 0. The van der Waals surface area contributed by atoms with Crippen LogP contribution in [-0.2, 0) is 33.9 Å². The summed E-state index contributed by atoms with van der Waals surface area (Å²) in [7, 11) is 0. The Kier molecular flexibility index (Phi) is 60.8. The Hall–Kier alpha value is -1.41. The molecule has 0 aromatic carbocycles. The van der Waals surface area contributed by atoms with E-state index in [0.29, 0.717) is 0 Å². The summed E-state index contributed by atoms with van der Waals surface area (Å²) >= 11 is 0. The summed E-state index contributed by atoms with van der Waals surface area (Å²) in [5.41, 5.74) is 0. The maximum atomic E-state index is 8.00. The van der Waals surface area contributed by atoms with Gasteiger partial charge < -0.3 is 14.4 Å². The normalized spacial score (nSPS) is 17.9. The topological polar surface area (TPSA) is 51.2 Å². The fourth-order valence-corrected chi connectivity index (χ4v) is 0.513. The number of carbonyl (C=O) groups excluding carboxylic acids is 3. The first kappa shape index (κ1) is 23.4. The van der Waals surface area contributed by atoms with Crippen molar-refractivity contribution in [1.29, 1.82) is 0 Å². The molecule has 1 aliphatic rings. The zero-order valence-corrected chi connectivity index (χ0v) is 10.1. The van der Waals surface area contributed by atoms with Crippen LogP contribution in [0.15, 0.2) is 48.6 Å². The summed E-state index contributed by atoms with van der Waals surface area (Å²) in [6.07, 6.45) is 16.0. The molecule has 0 aromatic rings. The van der Waals surface area contributed by atoms with Gasteiger partial charge in [0.1, 0.15) is 20.4 Å². The van der Waals surface area contributed by atoms with Crippen LogP contribution in [0, 0.1) is 0 Å². The molecule has 0 amide bonds. The molecular formula is C11H14O3Ru. The predicted octanol–water partition coefficient (Wildman–Crippen LogP) is 1.67. The Balaban J connectivity index is -0.0000000755. The Morgan fingerprint density at radius 1 is 0.400 bits per heavy atom. The van der Waals surface area contributed by atoms with Crippen LogP contribution in [0.2, 0.25) is 0 Å². The van der Waals surface area contributed by atoms with Gasteiger partial charge in [-0.15, -0.1) is 0 Å². The van der Waals surface area contributed by atoms with Gasteiger partial charge in [-0.05, 0) is 0 Å². The molecule has 0 aliphatic heterocycles. The number of allylic oxidation sites excluding steroid dienone is 8. The van der Waals surface area contributed by atoms with Gasteiger partial charge in [0.25, 0.3) is 0 Å². The second kappa shape index (κ2) is 38.9. The molecule has 0 unspecified atom stereocenters. The van der Waals surface area contributed by atoms with E-state index in [2.05, 4.69) is 0 Å². The van der Waals surface area contributed by atoms with E-state index < -0.39 is 0 Å². The molecule has 0 aromatic heterocycles. The average Bonchev–Trinajstić information content (AvgIpc) is 2.26. The first-order valence-electron chi connectivity index (χ1n) is 3.53. The molecule has 0 saturated heterocycles. The fourth-order valence-electron chi connectivity index (χ4n) is 0.513. The molecule has 3 nitrogen and oxygen atoms in total. The van der Waals surface area contributed by atoms with Gasteiger partial charge in [0.2, 0.25) is 0 Å². The van der Waals surface area contributed by atoms with Crippen LogP contribution in [0.3, 0.4) is 0 Å². The molecule has 0 fully saturated rings. The van der Waals surface area contributed by atoms with E-state index >= 15 is 0 Å². The third-order valence-electron chi connectivity index (χ3n) is 0.889. The minimum absolute atomic E-state index is 0. The second-order valence-corrected chi connectivity index (χ2v) is 1.54. The summed E-state index contributed by atoms with van der Waals surface area (Å²) in [5.74, 6) is 0. The summed E-state index contributed by atoms with van der Waals surface area (Å²) in [5, 5.41) is 0. The van der Waals surface area contributed by atoms with Crippen molar-refractivity contribution >= 4 is 20.4 Å². The van der Waals surface area contributed by atoms with Crippen LogP contribution < -0.4 is 0 Å². The molecule has 1 aliphatic carbocycles. The van der Waals surface area contributed by atoms with E-state index in [4.69, 9.17) is 14.4 Å². The van der Waals surface area contributed by atoms with Crippen molar-refractivity contribution in [1.82, 2.24) is 0 Å². The van der Waals surface area contributed by atoms with Crippen molar-refractivity contribution in [3.8, 4) is 0 Å². The smallest absolute Gasteiger partial charge is 0.106 e. The first-order valence-corrected chi connectivity index (χ1v) is 3.53. The molecule has 0 N–H and O–H groups in total.